The van der Waals surface area contributed by atoms with Gasteiger partial charge in [0, 0.05) is 29.3 Å². The number of carbonyl (C=O) groups is 1. The maximum Gasteiger partial charge on any atom is 0.253 e. The van der Waals surface area contributed by atoms with Crippen molar-refractivity contribution >= 4 is 39.9 Å². The first-order valence-electron chi connectivity index (χ1n) is 10.1. The molecule has 160 valence electrons. The first-order chi connectivity index (χ1) is 15.7. The van der Waals surface area contributed by atoms with E-state index in [-0.39, 0.29) is 5.91 Å². The molecule has 4 aromatic rings. The molecule has 0 unspecified atom stereocenters. The topological polar surface area (TPSA) is 85.4 Å². The molecule has 0 bridgehead atoms. The number of pyridine rings is 2. The molecule has 2 aromatic carbocycles. The summed E-state index contributed by atoms with van der Waals surface area (Å²) in [5.41, 5.74) is 1.39. The number of hydrogen-bond donors (Lipinski definition) is 2. The van der Waals surface area contributed by atoms with Gasteiger partial charge in [-0.2, -0.15) is 0 Å². The fourth-order valence-electron chi connectivity index (χ4n) is 3.45. The lowest BCUT2D eigenvalue weighted by molar-refractivity contribution is 0.0950. The molecule has 7 nitrogen and oxygen atoms in total. The number of amides is 1. The first-order valence-corrected chi connectivity index (χ1v) is 10.5. The number of nitrogens with one attached hydrogen (secondary N) is 2. The number of benzene rings is 2. The lowest BCUT2D eigenvalue weighted by atomic mass is 10.1. The van der Waals surface area contributed by atoms with Crippen LogP contribution in [-0.2, 0) is 6.54 Å². The van der Waals surface area contributed by atoms with Gasteiger partial charge < -0.3 is 20.1 Å². The van der Waals surface area contributed by atoms with Crippen molar-refractivity contribution < 1.29 is 14.3 Å². The van der Waals surface area contributed by atoms with Crippen LogP contribution in [0.1, 0.15) is 15.9 Å². The average Bonchev–Trinajstić information content (AvgIpc) is 2.83. The first kappa shape index (κ1) is 20.1. The quantitative estimate of drug-likeness (QED) is 0.461. The highest BCUT2D eigenvalue weighted by molar-refractivity contribution is 6.31. The zero-order valence-corrected chi connectivity index (χ0v) is 17.7. The van der Waals surface area contributed by atoms with E-state index in [2.05, 4.69) is 20.6 Å². The lowest BCUT2D eigenvalue weighted by Crippen LogP contribution is -2.23. The van der Waals surface area contributed by atoms with Crippen molar-refractivity contribution in [3.05, 3.63) is 83.1 Å². The number of anilines is 2. The molecule has 1 aliphatic heterocycles. The molecule has 8 heteroatoms. The molecular formula is C24H19ClN4O3. The van der Waals surface area contributed by atoms with E-state index < -0.39 is 0 Å². The summed E-state index contributed by atoms with van der Waals surface area (Å²) >= 11 is 6.13. The number of aromatic nitrogens is 2. The summed E-state index contributed by atoms with van der Waals surface area (Å²) in [5, 5.41) is 8.63. The minimum Gasteiger partial charge on any atom is -0.486 e. The largest absolute Gasteiger partial charge is 0.486 e. The zero-order chi connectivity index (χ0) is 21.9. The molecule has 32 heavy (non-hydrogen) atoms. The molecule has 0 radical (unpaired) electrons. The Labute approximate surface area is 189 Å². The predicted octanol–water partition coefficient (Wildman–Crippen LogP) is 4.73. The van der Waals surface area contributed by atoms with Crippen molar-refractivity contribution in [2.24, 2.45) is 0 Å². The summed E-state index contributed by atoms with van der Waals surface area (Å²) in [5.74, 6) is 2.43. The molecule has 0 fully saturated rings. The summed E-state index contributed by atoms with van der Waals surface area (Å²) in [6.07, 6.45) is 3.25. The minimum absolute atomic E-state index is 0.214. The number of fused-ring (bicyclic) bond motifs is 2. The van der Waals surface area contributed by atoms with Crippen LogP contribution < -0.4 is 20.1 Å². The second kappa shape index (κ2) is 8.72. The van der Waals surface area contributed by atoms with E-state index in [4.69, 9.17) is 21.1 Å². The zero-order valence-electron chi connectivity index (χ0n) is 17.0. The van der Waals surface area contributed by atoms with Crippen LogP contribution in [0.25, 0.3) is 10.8 Å². The molecule has 0 aliphatic carbocycles. The summed E-state index contributed by atoms with van der Waals surface area (Å²) in [7, 11) is 0. The van der Waals surface area contributed by atoms with Gasteiger partial charge >= 0.3 is 0 Å². The van der Waals surface area contributed by atoms with Crippen molar-refractivity contribution in [3.63, 3.8) is 0 Å². The van der Waals surface area contributed by atoms with Gasteiger partial charge in [-0.3, -0.25) is 4.79 Å². The molecule has 0 saturated heterocycles. The average molecular weight is 447 g/mol. The van der Waals surface area contributed by atoms with Crippen LogP contribution in [0.4, 0.5) is 11.6 Å². The Morgan fingerprint density at radius 1 is 0.969 bits per heavy atom. The SMILES string of the molecule is O=C(NCc1ccc2c(c1)OCCO2)c1ccc(Nc2nccc3ccc(Cl)cc23)nc1. The standard InChI is InChI=1S/C24H19ClN4O3/c25-18-4-2-16-7-8-26-23(19(16)12-18)29-22-6-3-17(14-27-22)24(30)28-13-15-1-5-20-21(11-15)32-10-9-31-20/h1-8,11-12,14H,9-10,13H2,(H,28,30)(H,26,27,29). The van der Waals surface area contributed by atoms with Crippen LogP contribution in [0.2, 0.25) is 5.02 Å². The number of rotatable bonds is 5. The van der Waals surface area contributed by atoms with Crippen LogP contribution in [0, 0.1) is 0 Å². The summed E-state index contributed by atoms with van der Waals surface area (Å²) < 4.78 is 11.1. The van der Waals surface area contributed by atoms with Gasteiger partial charge in [-0.25, -0.2) is 9.97 Å². The van der Waals surface area contributed by atoms with E-state index in [1.807, 2.05) is 42.5 Å². The van der Waals surface area contributed by atoms with Crippen LogP contribution in [0.3, 0.4) is 0 Å². The van der Waals surface area contributed by atoms with E-state index in [1.165, 1.54) is 6.20 Å². The van der Waals surface area contributed by atoms with Crippen LogP contribution in [0.5, 0.6) is 11.5 Å². The summed E-state index contributed by atoms with van der Waals surface area (Å²) in [6.45, 7) is 1.44. The summed E-state index contributed by atoms with van der Waals surface area (Å²) in [4.78, 5) is 21.3. The monoisotopic (exact) mass is 446 g/mol. The fourth-order valence-corrected chi connectivity index (χ4v) is 3.62. The Morgan fingerprint density at radius 2 is 1.84 bits per heavy atom. The van der Waals surface area contributed by atoms with Gasteiger partial charge in [-0.05, 0) is 53.4 Å². The highest BCUT2D eigenvalue weighted by atomic mass is 35.5. The molecule has 0 saturated carbocycles. The third-order valence-electron chi connectivity index (χ3n) is 5.06. The molecule has 0 spiro atoms. The van der Waals surface area contributed by atoms with Gasteiger partial charge in [-0.1, -0.05) is 23.7 Å². The number of halogens is 1. The maximum atomic E-state index is 12.5. The number of hydrogen-bond acceptors (Lipinski definition) is 6. The van der Waals surface area contributed by atoms with E-state index in [1.54, 1.807) is 18.3 Å². The molecular weight excluding hydrogens is 428 g/mol. The van der Waals surface area contributed by atoms with Gasteiger partial charge in [0.25, 0.3) is 5.91 Å². The highest BCUT2D eigenvalue weighted by Gasteiger charge is 2.13. The van der Waals surface area contributed by atoms with E-state index in [0.29, 0.717) is 47.7 Å². The van der Waals surface area contributed by atoms with Crippen molar-refractivity contribution in [2.45, 2.75) is 6.54 Å². The lowest BCUT2D eigenvalue weighted by Gasteiger charge is -2.19. The van der Waals surface area contributed by atoms with Crippen LogP contribution in [-0.4, -0.2) is 29.1 Å². The second-order valence-electron chi connectivity index (χ2n) is 7.24. The van der Waals surface area contributed by atoms with Gasteiger partial charge in [-0.15, -0.1) is 0 Å². The van der Waals surface area contributed by atoms with Crippen LogP contribution >= 0.6 is 11.6 Å². The normalized spacial score (nSPS) is 12.4. The molecule has 1 amide bonds. The van der Waals surface area contributed by atoms with Crippen LogP contribution in [0.15, 0.2) is 67.0 Å². The highest BCUT2D eigenvalue weighted by Crippen LogP contribution is 2.30. The Bertz CT molecular complexity index is 1290. The Hall–Kier alpha value is -3.84. The van der Waals surface area contributed by atoms with Gasteiger partial charge in [0.05, 0.1) is 5.56 Å². The van der Waals surface area contributed by atoms with E-state index in [9.17, 15) is 4.79 Å². The Kier molecular flexibility index (Phi) is 5.47. The summed E-state index contributed by atoms with van der Waals surface area (Å²) in [6, 6.07) is 16.6. The molecule has 2 N–H and O–H groups in total. The molecule has 2 aromatic heterocycles. The molecule has 0 atom stereocenters. The smallest absolute Gasteiger partial charge is 0.253 e. The maximum absolute atomic E-state index is 12.5. The van der Waals surface area contributed by atoms with Crippen molar-refractivity contribution in [2.75, 3.05) is 18.5 Å². The molecule has 3 heterocycles. The van der Waals surface area contributed by atoms with Gasteiger partial charge in [0.15, 0.2) is 11.5 Å². The van der Waals surface area contributed by atoms with Gasteiger partial charge in [0.1, 0.15) is 24.8 Å². The minimum atomic E-state index is -0.214. The van der Waals surface area contributed by atoms with Crippen molar-refractivity contribution in [3.8, 4) is 11.5 Å². The fraction of sp³-hybridized carbons (Fsp3) is 0.125. The number of nitrogens with zero attached hydrogens (tertiary/aromatic N) is 2. The Morgan fingerprint density at radius 3 is 2.69 bits per heavy atom. The number of carbonyl (C=O) groups excluding carboxylic acids is 1. The van der Waals surface area contributed by atoms with Gasteiger partial charge in [0.2, 0.25) is 0 Å². The van der Waals surface area contributed by atoms with Crippen molar-refractivity contribution in [1.29, 1.82) is 0 Å². The third kappa shape index (κ3) is 4.29. The molecule has 5 rings (SSSR count). The number of ether oxygens (including phenoxy) is 2. The third-order valence-corrected chi connectivity index (χ3v) is 5.30. The predicted molar refractivity (Wildman–Crippen MR) is 123 cm³/mol. The second-order valence-corrected chi connectivity index (χ2v) is 7.68. The van der Waals surface area contributed by atoms with Crippen molar-refractivity contribution in [1.82, 2.24) is 15.3 Å². The van der Waals surface area contributed by atoms with E-state index in [0.717, 1.165) is 22.1 Å². The molecule has 1 aliphatic rings. The Balaban J connectivity index is 1.25. The van der Waals surface area contributed by atoms with E-state index >= 15 is 0 Å².